The van der Waals surface area contributed by atoms with Crippen molar-refractivity contribution >= 4 is 40.8 Å². The van der Waals surface area contributed by atoms with Crippen molar-refractivity contribution < 1.29 is 19.1 Å². The SMILES string of the molecule is COc1cccc(C2=CN(CC(=O)N3CCC(N4CCc5ccccc5NC4=O)CC3)C(=O)N(C(C)C)C2)c1Cl. The predicted molar refractivity (Wildman–Crippen MR) is 155 cm³/mol. The fraction of sp³-hybridized carbons (Fsp3) is 0.433. The van der Waals surface area contributed by atoms with Crippen LogP contribution in [0.5, 0.6) is 5.75 Å². The molecular weight excluding hydrogens is 530 g/mol. The first-order chi connectivity index (χ1) is 19.3. The van der Waals surface area contributed by atoms with Gasteiger partial charge in [-0.25, -0.2) is 9.59 Å². The Labute approximate surface area is 240 Å². The number of likely N-dealkylation sites (tertiary alicyclic amines) is 1. The van der Waals surface area contributed by atoms with Crippen molar-refractivity contribution in [3.8, 4) is 5.75 Å². The Hall–Kier alpha value is -3.72. The Kier molecular flexibility index (Phi) is 8.21. The number of methoxy groups -OCH3 is 1. The summed E-state index contributed by atoms with van der Waals surface area (Å²) in [6.45, 7) is 5.96. The molecule has 0 aliphatic carbocycles. The average molecular weight is 566 g/mol. The maximum absolute atomic E-state index is 13.4. The first-order valence-electron chi connectivity index (χ1n) is 13.8. The fourth-order valence-corrected chi connectivity index (χ4v) is 6.02. The number of hydrogen-bond donors (Lipinski definition) is 1. The number of ether oxygens (including phenoxy) is 1. The Balaban J connectivity index is 1.25. The monoisotopic (exact) mass is 565 g/mol. The van der Waals surface area contributed by atoms with Crippen LogP contribution in [0, 0.1) is 0 Å². The molecule has 9 nitrogen and oxygen atoms in total. The lowest BCUT2D eigenvalue weighted by Gasteiger charge is -2.40. The first kappa shape index (κ1) is 27.8. The van der Waals surface area contributed by atoms with Gasteiger partial charge in [0, 0.05) is 55.7 Å². The minimum atomic E-state index is -0.207. The summed E-state index contributed by atoms with van der Waals surface area (Å²) in [4.78, 5) is 46.6. The molecule has 0 unspecified atom stereocenters. The van der Waals surface area contributed by atoms with E-state index in [9.17, 15) is 14.4 Å². The normalized spacial score (nSPS) is 18.4. The number of carbonyl (C=O) groups is 3. The minimum absolute atomic E-state index is 0.0557. The van der Waals surface area contributed by atoms with Gasteiger partial charge in [0.25, 0.3) is 0 Å². The van der Waals surface area contributed by atoms with Gasteiger partial charge in [-0.2, -0.15) is 0 Å². The third-order valence-electron chi connectivity index (χ3n) is 8.00. The lowest BCUT2D eigenvalue weighted by atomic mass is 10.0. The summed E-state index contributed by atoms with van der Waals surface area (Å²) in [5.74, 6) is 0.443. The molecule has 1 saturated heterocycles. The van der Waals surface area contributed by atoms with Crippen molar-refractivity contribution in [3.05, 3.63) is 64.8 Å². The number of hydrogen-bond acceptors (Lipinski definition) is 4. The maximum atomic E-state index is 13.4. The summed E-state index contributed by atoms with van der Waals surface area (Å²) in [7, 11) is 1.57. The van der Waals surface area contributed by atoms with Crippen molar-refractivity contribution in [3.63, 3.8) is 0 Å². The molecule has 0 saturated carbocycles. The molecule has 0 bridgehead atoms. The highest BCUT2D eigenvalue weighted by molar-refractivity contribution is 6.33. The van der Waals surface area contributed by atoms with E-state index in [4.69, 9.17) is 16.3 Å². The van der Waals surface area contributed by atoms with Crippen molar-refractivity contribution in [2.45, 2.75) is 45.2 Å². The number of nitrogens with one attached hydrogen (secondary N) is 1. The van der Waals surface area contributed by atoms with Crippen molar-refractivity contribution in [2.75, 3.05) is 45.2 Å². The number of benzene rings is 2. The second kappa shape index (κ2) is 11.8. The third kappa shape index (κ3) is 5.61. The zero-order valence-corrected chi connectivity index (χ0v) is 24.0. The molecule has 2 aromatic rings. The fourth-order valence-electron chi connectivity index (χ4n) is 5.70. The summed E-state index contributed by atoms with van der Waals surface area (Å²) in [6.07, 6.45) is 3.93. The van der Waals surface area contributed by atoms with Crippen LogP contribution in [-0.2, 0) is 11.2 Å². The van der Waals surface area contributed by atoms with Gasteiger partial charge in [-0.05, 0) is 56.4 Å². The van der Waals surface area contributed by atoms with Gasteiger partial charge in [0.2, 0.25) is 5.91 Å². The molecule has 3 aliphatic rings. The molecule has 1 fully saturated rings. The Morgan fingerprint density at radius 3 is 2.55 bits per heavy atom. The zero-order chi connectivity index (χ0) is 28.4. The summed E-state index contributed by atoms with van der Waals surface area (Å²) in [5, 5.41) is 3.51. The van der Waals surface area contributed by atoms with E-state index in [1.807, 2.05) is 55.1 Å². The minimum Gasteiger partial charge on any atom is -0.495 e. The maximum Gasteiger partial charge on any atom is 0.325 e. The van der Waals surface area contributed by atoms with E-state index in [1.165, 1.54) is 4.90 Å². The summed E-state index contributed by atoms with van der Waals surface area (Å²) in [6, 6.07) is 13.2. The van der Waals surface area contributed by atoms with E-state index in [0.717, 1.165) is 28.8 Å². The van der Waals surface area contributed by atoms with Crippen LogP contribution in [0.1, 0.15) is 37.8 Å². The molecule has 5 amide bonds. The zero-order valence-electron chi connectivity index (χ0n) is 23.2. The molecule has 10 heteroatoms. The third-order valence-corrected chi connectivity index (χ3v) is 8.39. The lowest BCUT2D eigenvalue weighted by molar-refractivity contribution is -0.132. The molecule has 5 rings (SSSR count). The van der Waals surface area contributed by atoms with Crippen LogP contribution >= 0.6 is 11.6 Å². The molecule has 0 radical (unpaired) electrons. The van der Waals surface area contributed by atoms with Gasteiger partial charge in [-0.15, -0.1) is 0 Å². The Morgan fingerprint density at radius 1 is 1.07 bits per heavy atom. The van der Waals surface area contributed by atoms with Gasteiger partial charge in [0.1, 0.15) is 12.3 Å². The quantitative estimate of drug-likeness (QED) is 0.539. The molecule has 212 valence electrons. The highest BCUT2D eigenvalue weighted by atomic mass is 35.5. The van der Waals surface area contributed by atoms with E-state index in [-0.39, 0.29) is 36.6 Å². The van der Waals surface area contributed by atoms with Gasteiger partial charge in [-0.3, -0.25) is 9.69 Å². The van der Waals surface area contributed by atoms with E-state index in [0.29, 0.717) is 49.8 Å². The topological polar surface area (TPSA) is 85.4 Å². The first-order valence-corrected chi connectivity index (χ1v) is 14.2. The van der Waals surface area contributed by atoms with Crippen LogP contribution in [-0.4, -0.2) is 89.5 Å². The molecular formula is C30H36ClN5O4. The van der Waals surface area contributed by atoms with E-state index < -0.39 is 0 Å². The molecule has 40 heavy (non-hydrogen) atoms. The number of anilines is 1. The molecule has 1 N–H and O–H groups in total. The van der Waals surface area contributed by atoms with E-state index >= 15 is 0 Å². The highest BCUT2D eigenvalue weighted by Crippen LogP contribution is 2.35. The Morgan fingerprint density at radius 2 is 1.82 bits per heavy atom. The van der Waals surface area contributed by atoms with Crippen LogP contribution in [0.25, 0.3) is 5.57 Å². The Bertz CT molecular complexity index is 1320. The smallest absolute Gasteiger partial charge is 0.325 e. The van der Waals surface area contributed by atoms with Gasteiger partial charge >= 0.3 is 12.1 Å². The molecule has 3 heterocycles. The standard InChI is InChI=1S/C30H36ClN5O4/c1-20(2)36-18-22(24-8-6-10-26(40-3)28(24)31)17-34(30(36)39)19-27(37)33-14-12-23(13-15-33)35-16-11-21-7-4-5-9-25(21)32-29(35)38/h4-10,17,20,23H,11-16,18-19H2,1-3H3,(H,32,38). The number of carbonyl (C=O) groups excluding carboxylic acids is 3. The number of para-hydroxylation sites is 1. The highest BCUT2D eigenvalue weighted by Gasteiger charge is 2.34. The number of rotatable bonds is 6. The molecule has 0 atom stereocenters. The van der Waals surface area contributed by atoms with E-state index in [2.05, 4.69) is 5.32 Å². The molecule has 0 aromatic heterocycles. The van der Waals surface area contributed by atoms with Crippen LogP contribution in [0.3, 0.4) is 0 Å². The predicted octanol–water partition coefficient (Wildman–Crippen LogP) is 4.92. The van der Waals surface area contributed by atoms with Crippen molar-refractivity contribution in [2.24, 2.45) is 0 Å². The number of nitrogens with zero attached hydrogens (tertiary/aromatic N) is 4. The number of piperidine rings is 1. The van der Waals surface area contributed by atoms with Crippen LogP contribution in [0.15, 0.2) is 48.7 Å². The van der Waals surface area contributed by atoms with Crippen molar-refractivity contribution in [1.29, 1.82) is 0 Å². The van der Waals surface area contributed by atoms with Gasteiger partial charge < -0.3 is 24.8 Å². The van der Waals surface area contributed by atoms with Crippen LogP contribution < -0.4 is 10.1 Å². The van der Waals surface area contributed by atoms with Crippen LogP contribution in [0.2, 0.25) is 5.02 Å². The average Bonchev–Trinajstić information content (AvgIpc) is 3.12. The summed E-state index contributed by atoms with van der Waals surface area (Å²) in [5.41, 5.74) is 3.62. The molecule has 3 aliphatic heterocycles. The number of urea groups is 2. The van der Waals surface area contributed by atoms with Gasteiger partial charge in [0.15, 0.2) is 0 Å². The lowest BCUT2D eigenvalue weighted by Crippen LogP contribution is -2.53. The summed E-state index contributed by atoms with van der Waals surface area (Å²) < 4.78 is 5.38. The number of amides is 5. The van der Waals surface area contributed by atoms with E-state index in [1.54, 1.807) is 29.2 Å². The van der Waals surface area contributed by atoms with Gasteiger partial charge in [0.05, 0.1) is 12.1 Å². The molecule has 2 aromatic carbocycles. The van der Waals surface area contributed by atoms with Crippen molar-refractivity contribution in [1.82, 2.24) is 19.6 Å². The van der Waals surface area contributed by atoms with Gasteiger partial charge in [-0.1, -0.05) is 41.9 Å². The number of halogens is 1. The second-order valence-corrected chi connectivity index (χ2v) is 11.1. The van der Waals surface area contributed by atoms with Crippen LogP contribution in [0.4, 0.5) is 15.3 Å². The second-order valence-electron chi connectivity index (χ2n) is 10.8. The largest absolute Gasteiger partial charge is 0.495 e. The number of fused-ring (bicyclic) bond motifs is 1. The molecule has 0 spiro atoms. The summed E-state index contributed by atoms with van der Waals surface area (Å²) >= 11 is 6.61.